The van der Waals surface area contributed by atoms with E-state index in [0.29, 0.717) is 24.8 Å². The van der Waals surface area contributed by atoms with Crippen LogP contribution in [0.15, 0.2) is 94.8 Å². The molecule has 0 aromatic carbocycles. The second-order valence-corrected chi connectivity index (χ2v) is 9.54. The Morgan fingerprint density at radius 3 is 2.30 bits per heavy atom. The van der Waals surface area contributed by atoms with Gasteiger partial charge in [0.25, 0.3) is 5.91 Å². The van der Waals surface area contributed by atoms with Gasteiger partial charge in [-0.2, -0.15) is 4.99 Å². The zero-order valence-electron chi connectivity index (χ0n) is 26.1. The number of amidine groups is 1. The molecule has 7 nitrogen and oxygen atoms in total. The normalized spacial score (nSPS) is 16.6. The van der Waals surface area contributed by atoms with Gasteiger partial charge in [0.2, 0.25) is 0 Å². The standard InChI is InChI=1S/C28H41N5O2.C3H6.C2H4/c1-8-11-12-14-32(24(10-3)17-21(6)13-9-2)15-16-33-19-23(18-22(7)20(4)5)29-25-26(33)30-28(35)31-27(25)34;1-3-2;1-2/h8-9,11,13,17-18,21H,10,12,14-16,19H2,1-7H3,(H,31,34,35);3H,1H2,2H3;1-2H2/b11-8-,13-9?,23-18+,24-17+;;. The molecule has 0 saturated heterocycles. The van der Waals surface area contributed by atoms with Crippen LogP contribution in [0.4, 0.5) is 4.79 Å². The van der Waals surface area contributed by atoms with Gasteiger partial charge in [0.1, 0.15) is 0 Å². The van der Waals surface area contributed by atoms with Crippen molar-refractivity contribution >= 4 is 23.5 Å². The molecule has 0 aromatic rings. The van der Waals surface area contributed by atoms with Crippen molar-refractivity contribution in [3.63, 3.8) is 0 Å². The van der Waals surface area contributed by atoms with E-state index in [-0.39, 0.29) is 5.71 Å². The Morgan fingerprint density at radius 2 is 1.75 bits per heavy atom. The Labute approximate surface area is 243 Å². The predicted octanol–water partition coefficient (Wildman–Crippen LogP) is 7.40. The molecule has 7 heteroatoms. The third kappa shape index (κ3) is 12.4. The quantitative estimate of drug-likeness (QED) is 0.272. The molecule has 0 saturated carbocycles. The van der Waals surface area contributed by atoms with Crippen LogP contribution in [0.1, 0.15) is 68.2 Å². The molecule has 2 heterocycles. The van der Waals surface area contributed by atoms with Crippen LogP contribution in [0.3, 0.4) is 0 Å². The molecule has 220 valence electrons. The van der Waals surface area contributed by atoms with Crippen molar-refractivity contribution in [3.05, 3.63) is 84.8 Å². The van der Waals surface area contributed by atoms with Gasteiger partial charge in [0.15, 0.2) is 11.5 Å². The first-order chi connectivity index (χ1) is 19.1. The fraction of sp³-hybridized carbons (Fsp3) is 0.455. The van der Waals surface area contributed by atoms with E-state index in [4.69, 9.17) is 0 Å². The summed E-state index contributed by atoms with van der Waals surface area (Å²) in [7, 11) is 0. The van der Waals surface area contributed by atoms with Gasteiger partial charge in [0.05, 0.1) is 12.2 Å². The fourth-order valence-electron chi connectivity index (χ4n) is 4.01. The van der Waals surface area contributed by atoms with Crippen LogP contribution in [0.5, 0.6) is 0 Å². The van der Waals surface area contributed by atoms with Gasteiger partial charge in [-0.1, -0.05) is 61.4 Å². The van der Waals surface area contributed by atoms with Crippen LogP contribution < -0.4 is 5.32 Å². The lowest BCUT2D eigenvalue weighted by Crippen LogP contribution is -2.54. The highest BCUT2D eigenvalue weighted by atomic mass is 16.2. The Hall–Kier alpha value is -3.74. The van der Waals surface area contributed by atoms with Crippen molar-refractivity contribution < 1.29 is 9.59 Å². The smallest absolute Gasteiger partial charge is 0.349 e. The Balaban J connectivity index is 0.00000284. The molecule has 2 aliphatic rings. The number of carbonyl (C=O) groups is 2. The van der Waals surface area contributed by atoms with E-state index in [9.17, 15) is 9.59 Å². The minimum atomic E-state index is -0.638. The number of urea groups is 1. The van der Waals surface area contributed by atoms with Crippen molar-refractivity contribution in [1.82, 2.24) is 15.1 Å². The summed E-state index contributed by atoms with van der Waals surface area (Å²) in [5.74, 6) is 0.215. The first-order valence-electron chi connectivity index (χ1n) is 14.0. The molecule has 40 heavy (non-hydrogen) atoms. The van der Waals surface area contributed by atoms with E-state index in [1.54, 1.807) is 6.08 Å². The molecule has 1 unspecified atom stereocenters. The number of hydrogen-bond donors (Lipinski definition) is 1. The fourth-order valence-corrected chi connectivity index (χ4v) is 4.01. The molecule has 0 bridgehead atoms. The van der Waals surface area contributed by atoms with E-state index in [1.165, 1.54) is 11.3 Å². The lowest BCUT2D eigenvalue weighted by Gasteiger charge is -2.35. The lowest BCUT2D eigenvalue weighted by molar-refractivity contribution is -0.113. The van der Waals surface area contributed by atoms with Gasteiger partial charge in [-0.25, -0.2) is 9.79 Å². The number of allylic oxidation sites excluding steroid dienone is 9. The largest absolute Gasteiger partial charge is 0.373 e. The van der Waals surface area contributed by atoms with Crippen molar-refractivity contribution in [3.8, 4) is 0 Å². The summed E-state index contributed by atoms with van der Waals surface area (Å²) in [5.41, 5.74) is 4.59. The van der Waals surface area contributed by atoms with Crippen molar-refractivity contribution in [2.45, 2.75) is 68.2 Å². The van der Waals surface area contributed by atoms with Gasteiger partial charge >= 0.3 is 6.03 Å². The number of amides is 3. The number of carbonyl (C=O) groups excluding carboxylic acids is 2. The maximum Gasteiger partial charge on any atom is 0.349 e. The van der Waals surface area contributed by atoms with Gasteiger partial charge in [-0.3, -0.25) is 10.1 Å². The summed E-state index contributed by atoms with van der Waals surface area (Å²) in [6.07, 6.45) is 16.5. The molecule has 0 radical (unpaired) electrons. The van der Waals surface area contributed by atoms with Crippen LogP contribution in [0.25, 0.3) is 0 Å². The van der Waals surface area contributed by atoms with Gasteiger partial charge in [-0.15, -0.1) is 19.7 Å². The minimum Gasteiger partial charge on any atom is -0.373 e. The van der Waals surface area contributed by atoms with Crippen LogP contribution in [-0.4, -0.2) is 59.5 Å². The second kappa shape index (κ2) is 20.2. The van der Waals surface area contributed by atoms with Crippen molar-refractivity contribution in [2.24, 2.45) is 15.9 Å². The number of rotatable bonds is 11. The molecule has 3 amide bonds. The van der Waals surface area contributed by atoms with E-state index in [1.807, 2.05) is 38.7 Å². The maximum absolute atomic E-state index is 12.6. The third-order valence-electron chi connectivity index (χ3n) is 6.10. The average Bonchev–Trinajstić information content (AvgIpc) is 2.91. The van der Waals surface area contributed by atoms with Gasteiger partial charge < -0.3 is 9.80 Å². The molecule has 1 N–H and O–H groups in total. The van der Waals surface area contributed by atoms with Crippen LogP contribution in [0, 0.1) is 5.92 Å². The molecular weight excluding hydrogens is 498 g/mol. The number of imide groups is 1. The highest BCUT2D eigenvalue weighted by molar-refractivity contribution is 6.69. The first kappa shape index (κ1) is 36.3. The highest BCUT2D eigenvalue weighted by Crippen LogP contribution is 2.19. The predicted molar refractivity (Wildman–Crippen MR) is 173 cm³/mol. The Kier molecular flexibility index (Phi) is 18.3. The minimum absolute atomic E-state index is 0.206. The molecule has 0 spiro atoms. The van der Waals surface area contributed by atoms with Gasteiger partial charge in [-0.05, 0) is 66.4 Å². The molecule has 2 rings (SSSR count). The van der Waals surface area contributed by atoms with Gasteiger partial charge in [0, 0.05) is 25.3 Å². The van der Waals surface area contributed by atoms with E-state index in [2.05, 4.69) is 98.0 Å². The Bertz CT molecular complexity index is 1070. The maximum atomic E-state index is 12.6. The molecule has 1 atom stereocenters. The molecule has 0 aliphatic carbocycles. The third-order valence-corrected chi connectivity index (χ3v) is 6.10. The summed E-state index contributed by atoms with van der Waals surface area (Å²) in [4.78, 5) is 37.7. The highest BCUT2D eigenvalue weighted by Gasteiger charge is 2.34. The molecule has 2 aliphatic heterocycles. The number of aliphatic imine (C=N–C) groups is 2. The van der Waals surface area contributed by atoms with Crippen LogP contribution in [-0.2, 0) is 4.79 Å². The second-order valence-electron chi connectivity index (χ2n) is 9.54. The molecular formula is C33H51N5O2. The zero-order chi connectivity index (χ0) is 30.7. The average molecular weight is 550 g/mol. The Morgan fingerprint density at radius 1 is 1.10 bits per heavy atom. The van der Waals surface area contributed by atoms with Crippen molar-refractivity contribution in [2.75, 3.05) is 26.2 Å². The van der Waals surface area contributed by atoms with Crippen LogP contribution >= 0.6 is 0 Å². The lowest BCUT2D eigenvalue weighted by atomic mass is 10.1. The van der Waals surface area contributed by atoms with Crippen molar-refractivity contribution in [1.29, 1.82) is 0 Å². The zero-order valence-corrected chi connectivity index (χ0v) is 26.1. The monoisotopic (exact) mass is 549 g/mol. The van der Waals surface area contributed by atoms with E-state index in [0.717, 1.165) is 37.2 Å². The number of nitrogens with zero attached hydrogens (tertiary/aromatic N) is 4. The SMILES string of the molecule is C=C.C=CC.CC=CC(C)/C=C(\CC)N(CC/C=C\C)CCN1C/C(=C\C(C)=C(C)C)N=C2C(=O)NC(=O)N=C21. The summed E-state index contributed by atoms with van der Waals surface area (Å²) >= 11 is 0. The summed E-state index contributed by atoms with van der Waals surface area (Å²) in [6.45, 7) is 28.6. The number of hydrogen-bond acceptors (Lipinski definition) is 5. The summed E-state index contributed by atoms with van der Waals surface area (Å²) in [5, 5.41) is 2.26. The van der Waals surface area contributed by atoms with E-state index >= 15 is 0 Å². The van der Waals surface area contributed by atoms with Crippen LogP contribution in [0.2, 0.25) is 0 Å². The molecule has 0 aromatic heterocycles. The molecule has 0 fully saturated rings. The summed E-state index contributed by atoms with van der Waals surface area (Å²) < 4.78 is 0. The number of fused-ring (bicyclic) bond motifs is 1. The first-order valence-corrected chi connectivity index (χ1v) is 14.0. The number of nitrogens with one attached hydrogen (secondary N) is 1. The van der Waals surface area contributed by atoms with E-state index < -0.39 is 11.9 Å². The summed E-state index contributed by atoms with van der Waals surface area (Å²) in [6, 6.07) is -0.638. The topological polar surface area (TPSA) is 77.4 Å².